The number of hydrogen-bond acceptors (Lipinski definition) is 3. The Labute approximate surface area is 256 Å². The fraction of sp³-hybridized carbons (Fsp3) is 0.946. The van der Waals surface area contributed by atoms with Gasteiger partial charge in [0, 0.05) is 12.8 Å². The summed E-state index contributed by atoms with van der Waals surface area (Å²) in [5, 5.41) is 8.65. The van der Waals surface area contributed by atoms with Gasteiger partial charge in [0.25, 0.3) is 0 Å². The molecule has 0 bridgehead atoms. The maximum atomic E-state index is 12.3. The maximum absolute atomic E-state index is 12.3. The highest BCUT2D eigenvalue weighted by molar-refractivity contribution is 5.69. The van der Waals surface area contributed by atoms with Gasteiger partial charge in [-0.15, -0.1) is 0 Å². The van der Waals surface area contributed by atoms with Crippen molar-refractivity contribution in [3.63, 3.8) is 0 Å². The Hall–Kier alpha value is -1.06. The molecule has 0 radical (unpaired) electrons. The van der Waals surface area contributed by atoms with Crippen molar-refractivity contribution in [1.82, 2.24) is 0 Å². The summed E-state index contributed by atoms with van der Waals surface area (Å²) in [7, 11) is 0. The molecule has 1 atom stereocenters. The van der Waals surface area contributed by atoms with E-state index in [9.17, 15) is 9.59 Å². The second kappa shape index (κ2) is 33.4. The number of carbonyl (C=O) groups is 2. The third kappa shape index (κ3) is 33.3. The molecule has 0 aromatic carbocycles. The fourth-order valence-electron chi connectivity index (χ4n) is 5.82. The summed E-state index contributed by atoms with van der Waals surface area (Å²) in [6, 6.07) is 0. The molecule has 4 nitrogen and oxygen atoms in total. The van der Waals surface area contributed by atoms with E-state index in [4.69, 9.17) is 9.84 Å². The van der Waals surface area contributed by atoms with E-state index in [0.29, 0.717) is 12.8 Å². The zero-order chi connectivity index (χ0) is 30.1. The van der Waals surface area contributed by atoms with Crippen molar-refractivity contribution in [2.75, 3.05) is 0 Å². The number of hydrogen-bond donors (Lipinski definition) is 1. The molecule has 1 N–H and O–H groups in total. The topological polar surface area (TPSA) is 63.6 Å². The summed E-state index contributed by atoms with van der Waals surface area (Å²) in [6.45, 7) is 4.41. The molecule has 0 saturated carbocycles. The molecule has 0 heterocycles. The molecule has 0 aliphatic heterocycles. The summed E-state index contributed by atoms with van der Waals surface area (Å²) in [6.07, 6.45) is 39.3. The average Bonchev–Trinajstić information content (AvgIpc) is 2.96. The molecule has 0 aliphatic rings. The van der Waals surface area contributed by atoms with Crippen molar-refractivity contribution in [2.24, 2.45) is 0 Å². The van der Waals surface area contributed by atoms with Crippen LogP contribution in [0.2, 0.25) is 0 Å². The van der Waals surface area contributed by atoms with E-state index in [2.05, 4.69) is 13.8 Å². The van der Waals surface area contributed by atoms with E-state index in [1.165, 1.54) is 141 Å². The molecule has 0 aromatic heterocycles. The summed E-state index contributed by atoms with van der Waals surface area (Å²) in [5.41, 5.74) is 0. The molecule has 0 saturated heterocycles. The van der Waals surface area contributed by atoms with Gasteiger partial charge in [-0.25, -0.2) is 0 Å². The molecule has 244 valence electrons. The molecule has 0 rings (SSSR count). The first-order valence-electron chi connectivity index (χ1n) is 18.5. The van der Waals surface area contributed by atoms with E-state index in [0.717, 1.165) is 51.4 Å². The third-order valence-corrected chi connectivity index (χ3v) is 8.65. The molecule has 41 heavy (non-hydrogen) atoms. The SMILES string of the molecule is CCCCCCCCCCCCCCCCCCCCCC(=O)OC(CC)CCCCCCCCCCCC(=O)O. The quantitative estimate of drug-likeness (QED) is 0.0607. The lowest BCUT2D eigenvalue weighted by Gasteiger charge is -2.16. The highest BCUT2D eigenvalue weighted by atomic mass is 16.5. The van der Waals surface area contributed by atoms with E-state index in [-0.39, 0.29) is 12.1 Å². The van der Waals surface area contributed by atoms with E-state index in [1.807, 2.05) is 0 Å². The number of unbranched alkanes of at least 4 members (excludes halogenated alkanes) is 26. The zero-order valence-electron chi connectivity index (χ0n) is 27.9. The Kier molecular flexibility index (Phi) is 32.6. The van der Waals surface area contributed by atoms with Gasteiger partial charge in [0.2, 0.25) is 0 Å². The minimum atomic E-state index is -0.679. The Balaban J connectivity index is 3.37. The smallest absolute Gasteiger partial charge is 0.306 e. The van der Waals surface area contributed by atoms with Crippen LogP contribution < -0.4 is 0 Å². The fourth-order valence-corrected chi connectivity index (χ4v) is 5.82. The van der Waals surface area contributed by atoms with Crippen molar-refractivity contribution in [2.45, 2.75) is 225 Å². The lowest BCUT2D eigenvalue weighted by atomic mass is 10.0. The summed E-state index contributed by atoms with van der Waals surface area (Å²) >= 11 is 0. The Morgan fingerprint density at radius 1 is 0.463 bits per heavy atom. The van der Waals surface area contributed by atoms with Gasteiger partial charge < -0.3 is 9.84 Å². The Morgan fingerprint density at radius 2 is 0.780 bits per heavy atom. The molecule has 4 heteroatoms. The standard InChI is InChI=1S/C37H72O4/c1-3-5-6-7-8-9-10-11-12-13-14-15-16-17-18-22-25-28-31-34-37(40)41-35(4-2)32-29-26-23-20-19-21-24-27-30-33-36(38)39/h35H,3-34H2,1-2H3,(H,38,39). The Morgan fingerprint density at radius 3 is 1.12 bits per heavy atom. The maximum Gasteiger partial charge on any atom is 0.306 e. The van der Waals surface area contributed by atoms with Crippen molar-refractivity contribution in [1.29, 1.82) is 0 Å². The number of aliphatic carboxylic acids is 1. The second-order valence-electron chi connectivity index (χ2n) is 12.7. The van der Waals surface area contributed by atoms with E-state index in [1.54, 1.807) is 0 Å². The highest BCUT2D eigenvalue weighted by Crippen LogP contribution is 2.17. The van der Waals surface area contributed by atoms with Gasteiger partial charge in [0.05, 0.1) is 0 Å². The molecular weight excluding hydrogens is 508 g/mol. The summed E-state index contributed by atoms with van der Waals surface area (Å²) in [4.78, 5) is 22.8. The van der Waals surface area contributed by atoms with Gasteiger partial charge in [0.1, 0.15) is 6.10 Å². The number of ether oxygens (including phenoxy) is 1. The highest BCUT2D eigenvalue weighted by Gasteiger charge is 2.12. The minimum Gasteiger partial charge on any atom is -0.481 e. The number of carboxylic acids is 1. The largest absolute Gasteiger partial charge is 0.481 e. The molecule has 0 aliphatic carbocycles. The van der Waals surface area contributed by atoms with Crippen molar-refractivity contribution in [3.05, 3.63) is 0 Å². The van der Waals surface area contributed by atoms with Crippen LogP contribution in [0.5, 0.6) is 0 Å². The van der Waals surface area contributed by atoms with Gasteiger partial charge >= 0.3 is 11.9 Å². The second-order valence-corrected chi connectivity index (χ2v) is 12.7. The van der Waals surface area contributed by atoms with Gasteiger partial charge in [-0.3, -0.25) is 9.59 Å². The van der Waals surface area contributed by atoms with E-state index >= 15 is 0 Å². The normalized spacial score (nSPS) is 12.0. The predicted octanol–water partition coefficient (Wildman–Crippen LogP) is 12.5. The van der Waals surface area contributed by atoms with Crippen LogP contribution in [-0.4, -0.2) is 23.1 Å². The van der Waals surface area contributed by atoms with Crippen LogP contribution >= 0.6 is 0 Å². The van der Waals surface area contributed by atoms with Crippen molar-refractivity contribution < 1.29 is 19.4 Å². The summed E-state index contributed by atoms with van der Waals surface area (Å²) < 4.78 is 5.76. The average molecular weight is 581 g/mol. The monoisotopic (exact) mass is 581 g/mol. The first-order valence-corrected chi connectivity index (χ1v) is 18.5. The predicted molar refractivity (Wildman–Crippen MR) is 177 cm³/mol. The van der Waals surface area contributed by atoms with Gasteiger partial charge in [0.15, 0.2) is 0 Å². The van der Waals surface area contributed by atoms with Gasteiger partial charge in [-0.05, 0) is 32.1 Å². The van der Waals surface area contributed by atoms with Crippen LogP contribution in [0.15, 0.2) is 0 Å². The first-order chi connectivity index (χ1) is 20.1. The molecule has 1 unspecified atom stereocenters. The van der Waals surface area contributed by atoms with Crippen LogP contribution in [0.1, 0.15) is 219 Å². The van der Waals surface area contributed by atoms with Crippen molar-refractivity contribution >= 4 is 11.9 Å². The lowest BCUT2D eigenvalue weighted by Crippen LogP contribution is -2.17. The molecule has 0 fully saturated rings. The van der Waals surface area contributed by atoms with Crippen molar-refractivity contribution in [3.8, 4) is 0 Å². The molecule has 0 amide bonds. The van der Waals surface area contributed by atoms with Gasteiger partial charge in [-0.1, -0.05) is 174 Å². The van der Waals surface area contributed by atoms with E-state index < -0.39 is 5.97 Å². The lowest BCUT2D eigenvalue weighted by molar-refractivity contribution is -0.149. The Bertz CT molecular complexity index is 547. The van der Waals surface area contributed by atoms with Crippen LogP contribution in [0.4, 0.5) is 0 Å². The number of carbonyl (C=O) groups excluding carboxylic acids is 1. The van der Waals surface area contributed by atoms with Crippen LogP contribution in [0, 0.1) is 0 Å². The van der Waals surface area contributed by atoms with Crippen LogP contribution in [0.3, 0.4) is 0 Å². The van der Waals surface area contributed by atoms with Crippen LogP contribution in [0.25, 0.3) is 0 Å². The van der Waals surface area contributed by atoms with Crippen LogP contribution in [-0.2, 0) is 14.3 Å². The minimum absolute atomic E-state index is 0.00622. The summed E-state index contributed by atoms with van der Waals surface area (Å²) in [5.74, 6) is -0.673. The zero-order valence-corrected chi connectivity index (χ0v) is 27.9. The first kappa shape index (κ1) is 39.9. The number of carboxylic acid groups (broad SMARTS) is 1. The molecule has 0 spiro atoms. The molecule has 0 aromatic rings. The van der Waals surface area contributed by atoms with Gasteiger partial charge in [-0.2, -0.15) is 0 Å². The molecular formula is C37H72O4. The number of rotatable bonds is 34. The number of esters is 1. The third-order valence-electron chi connectivity index (χ3n) is 8.65.